The SMILES string of the molecule is Oc1cc(CNS)c(Br)c(O)c1O. The second kappa shape index (κ2) is 4.08. The Bertz CT molecular complexity index is 332. The molecule has 0 spiro atoms. The molecule has 6 heteroatoms. The van der Waals surface area contributed by atoms with Crippen molar-refractivity contribution >= 4 is 28.7 Å². The van der Waals surface area contributed by atoms with Gasteiger partial charge in [-0.25, -0.2) is 0 Å². The van der Waals surface area contributed by atoms with E-state index in [9.17, 15) is 5.11 Å². The lowest BCUT2D eigenvalue weighted by molar-refractivity contribution is 0.365. The quantitative estimate of drug-likeness (QED) is 0.415. The average Bonchev–Trinajstić information content (AvgIpc) is 2.11. The van der Waals surface area contributed by atoms with Crippen molar-refractivity contribution in [3.63, 3.8) is 0 Å². The molecule has 0 fully saturated rings. The molecule has 0 saturated carbocycles. The number of hydrogen-bond donors (Lipinski definition) is 5. The Morgan fingerprint density at radius 3 is 2.46 bits per heavy atom. The molecular formula is C7H8BrNO3S. The van der Waals surface area contributed by atoms with Crippen molar-refractivity contribution in [2.75, 3.05) is 0 Å². The van der Waals surface area contributed by atoms with Gasteiger partial charge in [0, 0.05) is 6.54 Å². The maximum Gasteiger partial charge on any atom is 0.201 e. The van der Waals surface area contributed by atoms with Crippen molar-refractivity contribution in [3.05, 3.63) is 16.1 Å². The van der Waals surface area contributed by atoms with Gasteiger partial charge in [-0.15, -0.1) is 0 Å². The Kier molecular flexibility index (Phi) is 3.29. The zero-order valence-corrected chi connectivity index (χ0v) is 8.93. The summed E-state index contributed by atoms with van der Waals surface area (Å²) in [4.78, 5) is 0. The molecule has 13 heavy (non-hydrogen) atoms. The third-order valence-corrected chi connectivity index (χ3v) is 2.58. The Morgan fingerprint density at radius 2 is 1.92 bits per heavy atom. The van der Waals surface area contributed by atoms with Crippen LogP contribution in [-0.4, -0.2) is 15.3 Å². The predicted molar refractivity (Wildman–Crippen MR) is 55.0 cm³/mol. The number of phenolic OH excluding ortho intramolecular Hbond substituents is 3. The van der Waals surface area contributed by atoms with Gasteiger partial charge in [0.25, 0.3) is 0 Å². The van der Waals surface area contributed by atoms with Gasteiger partial charge < -0.3 is 15.3 Å². The van der Waals surface area contributed by atoms with E-state index in [-0.39, 0.29) is 11.5 Å². The van der Waals surface area contributed by atoms with Crippen molar-refractivity contribution in [2.24, 2.45) is 0 Å². The number of aromatic hydroxyl groups is 3. The van der Waals surface area contributed by atoms with Crippen molar-refractivity contribution in [2.45, 2.75) is 6.54 Å². The van der Waals surface area contributed by atoms with E-state index in [0.717, 1.165) is 0 Å². The van der Waals surface area contributed by atoms with Gasteiger partial charge >= 0.3 is 0 Å². The Hall–Kier alpha value is -0.590. The molecule has 0 atom stereocenters. The van der Waals surface area contributed by atoms with Crippen LogP contribution in [0.3, 0.4) is 0 Å². The summed E-state index contributed by atoms with van der Waals surface area (Å²) in [6.07, 6.45) is 0. The van der Waals surface area contributed by atoms with E-state index < -0.39 is 5.75 Å². The van der Waals surface area contributed by atoms with E-state index in [4.69, 9.17) is 10.2 Å². The number of hydrogen-bond acceptors (Lipinski definition) is 5. The molecule has 1 aromatic carbocycles. The molecule has 0 heterocycles. The van der Waals surface area contributed by atoms with E-state index in [0.29, 0.717) is 16.6 Å². The smallest absolute Gasteiger partial charge is 0.201 e. The highest BCUT2D eigenvalue weighted by molar-refractivity contribution is 9.10. The van der Waals surface area contributed by atoms with Crippen LogP contribution in [0.2, 0.25) is 0 Å². The van der Waals surface area contributed by atoms with Crippen molar-refractivity contribution in [1.29, 1.82) is 0 Å². The van der Waals surface area contributed by atoms with Crippen molar-refractivity contribution in [3.8, 4) is 17.2 Å². The van der Waals surface area contributed by atoms with Crippen LogP contribution in [0.4, 0.5) is 0 Å². The number of phenols is 3. The maximum atomic E-state index is 9.28. The normalized spacial score (nSPS) is 10.3. The van der Waals surface area contributed by atoms with Gasteiger partial charge in [0.2, 0.25) is 5.75 Å². The third kappa shape index (κ3) is 2.01. The highest BCUT2D eigenvalue weighted by Gasteiger charge is 2.13. The first-order valence-corrected chi connectivity index (χ1v) is 4.61. The Balaban J connectivity index is 3.24. The standard InChI is InChI=1S/C7H8BrNO3S/c8-5-3(2-9-13)1-4(10)6(11)7(5)12/h1,9-13H,2H2. The fourth-order valence-electron chi connectivity index (χ4n) is 0.888. The molecule has 0 bridgehead atoms. The molecule has 4 N–H and O–H groups in total. The highest BCUT2D eigenvalue weighted by atomic mass is 79.9. The minimum Gasteiger partial charge on any atom is -0.504 e. The highest BCUT2D eigenvalue weighted by Crippen LogP contribution is 2.42. The molecule has 0 aliphatic carbocycles. The van der Waals surface area contributed by atoms with Crippen LogP contribution in [0.15, 0.2) is 10.5 Å². The summed E-state index contributed by atoms with van der Waals surface area (Å²) < 4.78 is 2.90. The summed E-state index contributed by atoms with van der Waals surface area (Å²) >= 11 is 6.85. The van der Waals surface area contributed by atoms with Crippen molar-refractivity contribution < 1.29 is 15.3 Å². The molecule has 0 aliphatic rings. The molecule has 72 valence electrons. The number of rotatable bonds is 2. The van der Waals surface area contributed by atoms with Crippen molar-refractivity contribution in [1.82, 2.24) is 4.72 Å². The molecule has 0 aliphatic heterocycles. The summed E-state index contributed by atoms with van der Waals surface area (Å²) in [7, 11) is 0. The van der Waals surface area contributed by atoms with E-state index in [1.54, 1.807) is 0 Å². The van der Waals surface area contributed by atoms with Gasteiger partial charge in [-0.2, -0.15) is 0 Å². The number of nitrogens with one attached hydrogen (secondary N) is 1. The van der Waals surface area contributed by atoms with Crippen LogP contribution in [0.5, 0.6) is 17.2 Å². The molecule has 0 amide bonds. The zero-order chi connectivity index (χ0) is 10.0. The average molecular weight is 266 g/mol. The van der Waals surface area contributed by atoms with Gasteiger partial charge in [-0.1, -0.05) is 12.8 Å². The minimum atomic E-state index is -0.533. The lowest BCUT2D eigenvalue weighted by atomic mass is 10.2. The Morgan fingerprint density at radius 1 is 1.31 bits per heavy atom. The molecule has 0 saturated heterocycles. The summed E-state index contributed by atoms with van der Waals surface area (Å²) in [5, 5.41) is 27.5. The molecule has 4 nitrogen and oxygen atoms in total. The molecule has 0 radical (unpaired) electrons. The second-order valence-corrected chi connectivity index (χ2v) is 3.51. The first-order valence-electron chi connectivity index (χ1n) is 3.37. The predicted octanol–water partition coefficient (Wildman–Crippen LogP) is 1.50. The zero-order valence-electron chi connectivity index (χ0n) is 6.45. The summed E-state index contributed by atoms with van der Waals surface area (Å²) in [5.74, 6) is -1.27. The van der Waals surface area contributed by atoms with E-state index in [1.807, 2.05) is 0 Å². The van der Waals surface area contributed by atoms with E-state index >= 15 is 0 Å². The van der Waals surface area contributed by atoms with Crippen LogP contribution in [0, 0.1) is 0 Å². The van der Waals surface area contributed by atoms with Crippen LogP contribution < -0.4 is 4.72 Å². The summed E-state index contributed by atoms with van der Waals surface area (Å²) in [6, 6.07) is 1.34. The summed E-state index contributed by atoms with van der Waals surface area (Å²) in [6.45, 7) is 0.352. The minimum absolute atomic E-state index is 0.337. The van der Waals surface area contributed by atoms with Gasteiger partial charge in [0.1, 0.15) is 0 Å². The molecule has 0 unspecified atom stereocenters. The van der Waals surface area contributed by atoms with Gasteiger partial charge in [-0.3, -0.25) is 4.72 Å². The van der Waals surface area contributed by atoms with Crippen LogP contribution in [0.1, 0.15) is 5.56 Å². The maximum absolute atomic E-state index is 9.28. The van der Waals surface area contributed by atoms with Crippen LogP contribution >= 0.6 is 28.7 Å². The Labute approximate surface area is 88.9 Å². The lowest BCUT2D eigenvalue weighted by Crippen LogP contribution is -1.99. The first kappa shape index (κ1) is 10.5. The van der Waals surface area contributed by atoms with E-state index in [1.165, 1.54) is 6.07 Å². The summed E-state index contributed by atoms with van der Waals surface area (Å²) in [5.41, 5.74) is 0.600. The van der Waals surface area contributed by atoms with Gasteiger partial charge in [0.15, 0.2) is 11.5 Å². The number of thiol groups is 1. The molecule has 0 aromatic heterocycles. The van der Waals surface area contributed by atoms with Crippen LogP contribution in [0.25, 0.3) is 0 Å². The molecular weight excluding hydrogens is 258 g/mol. The van der Waals surface area contributed by atoms with Gasteiger partial charge in [0.05, 0.1) is 4.47 Å². The largest absolute Gasteiger partial charge is 0.504 e. The van der Waals surface area contributed by atoms with Crippen LogP contribution in [-0.2, 0) is 6.54 Å². The lowest BCUT2D eigenvalue weighted by Gasteiger charge is -2.08. The number of benzene rings is 1. The fraction of sp³-hybridized carbons (Fsp3) is 0.143. The molecule has 1 rings (SSSR count). The first-order chi connectivity index (χ1) is 6.07. The number of halogens is 1. The van der Waals surface area contributed by atoms with E-state index in [2.05, 4.69) is 33.5 Å². The van der Waals surface area contributed by atoms with Gasteiger partial charge in [-0.05, 0) is 27.6 Å². The topological polar surface area (TPSA) is 72.7 Å². The fourth-order valence-corrected chi connectivity index (χ4v) is 1.50. The molecule has 1 aromatic rings. The monoisotopic (exact) mass is 265 g/mol. The second-order valence-electron chi connectivity index (χ2n) is 2.40. The third-order valence-electron chi connectivity index (χ3n) is 1.54.